The van der Waals surface area contributed by atoms with Crippen LogP contribution in [0.4, 0.5) is 18.9 Å². The van der Waals surface area contributed by atoms with Gasteiger partial charge in [0.05, 0.1) is 5.56 Å². The van der Waals surface area contributed by atoms with Gasteiger partial charge < -0.3 is 16.4 Å². The second kappa shape index (κ2) is 11.7. The van der Waals surface area contributed by atoms with Gasteiger partial charge in [0, 0.05) is 24.3 Å². The molecule has 0 aromatic heterocycles. The molecule has 178 valence electrons. The predicted molar refractivity (Wildman–Crippen MR) is 128 cm³/mol. The molecule has 0 saturated heterocycles. The fourth-order valence-corrected chi connectivity index (χ4v) is 3.93. The van der Waals surface area contributed by atoms with Crippen molar-refractivity contribution < 1.29 is 13.2 Å². The summed E-state index contributed by atoms with van der Waals surface area (Å²) in [5.41, 5.74) is 6.80. The van der Waals surface area contributed by atoms with E-state index >= 15 is 0 Å². The minimum Gasteiger partial charge on any atom is -0.385 e. The highest BCUT2D eigenvalue weighted by atomic mass is 19.4. The van der Waals surface area contributed by atoms with Crippen LogP contribution in [0.1, 0.15) is 57.6 Å². The van der Waals surface area contributed by atoms with Gasteiger partial charge in [0.1, 0.15) is 0 Å². The van der Waals surface area contributed by atoms with Crippen LogP contribution < -0.4 is 16.4 Å². The van der Waals surface area contributed by atoms with E-state index in [1.54, 1.807) is 6.07 Å². The average molecular weight is 450 g/mol. The van der Waals surface area contributed by atoms with Gasteiger partial charge in [-0.25, -0.2) is 0 Å². The third kappa shape index (κ3) is 8.83. The summed E-state index contributed by atoms with van der Waals surface area (Å²) in [4.78, 5) is 0. The van der Waals surface area contributed by atoms with E-state index in [4.69, 9.17) is 5.73 Å². The van der Waals surface area contributed by atoms with Crippen molar-refractivity contribution in [3.05, 3.63) is 65.7 Å². The maximum atomic E-state index is 13.0. The minimum atomic E-state index is -4.29. The third-order valence-electron chi connectivity index (χ3n) is 5.90. The molecule has 4 N–H and O–H groups in total. The van der Waals surface area contributed by atoms with Crippen LogP contribution in [0, 0.1) is 11.8 Å². The first kappa shape index (κ1) is 26.2. The molecule has 0 bridgehead atoms. The summed E-state index contributed by atoms with van der Waals surface area (Å²) in [5.74, 6) is 0.975. The van der Waals surface area contributed by atoms with Gasteiger partial charge in [0.25, 0.3) is 0 Å². The van der Waals surface area contributed by atoms with E-state index < -0.39 is 11.7 Å². The smallest absolute Gasteiger partial charge is 0.385 e. The van der Waals surface area contributed by atoms with Crippen LogP contribution >= 0.6 is 0 Å². The van der Waals surface area contributed by atoms with Crippen molar-refractivity contribution in [3.8, 4) is 0 Å². The van der Waals surface area contributed by atoms with Crippen molar-refractivity contribution in [2.24, 2.45) is 17.6 Å². The van der Waals surface area contributed by atoms with Gasteiger partial charge in [-0.15, -0.1) is 0 Å². The average Bonchev–Trinajstić information content (AvgIpc) is 2.73. The largest absolute Gasteiger partial charge is 0.416 e. The number of fused-ring (bicyclic) bond motifs is 1. The van der Waals surface area contributed by atoms with Gasteiger partial charge in [0.2, 0.25) is 0 Å². The molecule has 32 heavy (non-hydrogen) atoms. The van der Waals surface area contributed by atoms with Gasteiger partial charge in [-0.05, 0) is 74.8 Å². The molecule has 0 aliphatic carbocycles. The minimum absolute atomic E-state index is 0.122. The number of benzene rings is 2. The molecule has 0 spiro atoms. The van der Waals surface area contributed by atoms with Crippen molar-refractivity contribution in [1.82, 2.24) is 5.32 Å². The summed E-state index contributed by atoms with van der Waals surface area (Å²) in [5, 5.41) is 6.71. The molecule has 1 aliphatic rings. The van der Waals surface area contributed by atoms with Crippen molar-refractivity contribution in [1.29, 1.82) is 0 Å². The SMILES string of the molecule is CC(CCC1CNc2ccc(C(F)(F)F)cc2C1C)CNCC(C)(C)N.c1ccccc1. The fourth-order valence-electron chi connectivity index (χ4n) is 3.93. The second-order valence-electron chi connectivity index (χ2n) is 9.69. The van der Waals surface area contributed by atoms with E-state index in [2.05, 4.69) is 17.6 Å². The topological polar surface area (TPSA) is 50.1 Å². The van der Waals surface area contributed by atoms with Crippen LogP contribution in [-0.2, 0) is 6.18 Å². The first-order chi connectivity index (χ1) is 15.0. The number of nitrogens with two attached hydrogens (primary N) is 1. The predicted octanol–water partition coefficient (Wildman–Crippen LogP) is 6.28. The number of hydrogen-bond donors (Lipinski definition) is 3. The van der Waals surface area contributed by atoms with E-state index in [0.29, 0.717) is 11.8 Å². The Hall–Kier alpha value is -2.05. The standard InChI is InChI=1S/C20H32F3N3.C6H6/c1-13(10-25-12-19(3,4)24)5-6-15-11-26-18-8-7-16(20(21,22)23)9-17(18)14(15)2;1-2-4-6-5-3-1/h7-9,13-15,25-26H,5-6,10-12,24H2,1-4H3;1-6H. The molecule has 3 nitrogen and oxygen atoms in total. The van der Waals surface area contributed by atoms with Gasteiger partial charge in [0.15, 0.2) is 0 Å². The van der Waals surface area contributed by atoms with Gasteiger partial charge in [-0.1, -0.05) is 50.2 Å². The Morgan fingerprint density at radius 1 is 1.09 bits per heavy atom. The third-order valence-corrected chi connectivity index (χ3v) is 5.90. The van der Waals surface area contributed by atoms with E-state index in [-0.39, 0.29) is 11.5 Å². The van der Waals surface area contributed by atoms with Crippen molar-refractivity contribution in [2.75, 3.05) is 25.0 Å². The Morgan fingerprint density at radius 2 is 1.69 bits per heavy atom. The number of alkyl halides is 3. The molecule has 0 radical (unpaired) electrons. The van der Waals surface area contributed by atoms with Gasteiger partial charge >= 0.3 is 6.18 Å². The highest BCUT2D eigenvalue weighted by Gasteiger charge is 2.33. The lowest BCUT2D eigenvalue weighted by molar-refractivity contribution is -0.137. The molecule has 6 heteroatoms. The Bertz CT molecular complexity index is 773. The normalized spacial score (nSPS) is 19.2. The van der Waals surface area contributed by atoms with Gasteiger partial charge in [-0.2, -0.15) is 13.2 Å². The molecule has 3 rings (SSSR count). The van der Waals surface area contributed by atoms with Crippen LogP contribution in [0.3, 0.4) is 0 Å². The molecule has 1 heterocycles. The Labute approximate surface area is 191 Å². The highest BCUT2D eigenvalue weighted by Crippen LogP contribution is 2.40. The Morgan fingerprint density at radius 3 is 2.22 bits per heavy atom. The van der Waals surface area contributed by atoms with Gasteiger partial charge in [-0.3, -0.25) is 0 Å². The molecule has 2 aromatic rings. The summed E-state index contributed by atoms with van der Waals surface area (Å²) < 4.78 is 39.0. The lowest BCUT2D eigenvalue weighted by Gasteiger charge is -2.33. The summed E-state index contributed by atoms with van der Waals surface area (Å²) in [6.45, 7) is 10.7. The number of hydrogen-bond acceptors (Lipinski definition) is 3. The molecule has 1 aliphatic heterocycles. The molecule has 0 saturated carbocycles. The molecule has 3 unspecified atom stereocenters. The van der Waals surface area contributed by atoms with E-state index in [0.717, 1.165) is 49.8 Å². The van der Waals surface area contributed by atoms with E-state index in [9.17, 15) is 13.2 Å². The van der Waals surface area contributed by atoms with Crippen LogP contribution in [0.5, 0.6) is 0 Å². The quantitative estimate of drug-likeness (QED) is 0.466. The monoisotopic (exact) mass is 449 g/mol. The summed E-state index contributed by atoms with van der Waals surface area (Å²) >= 11 is 0. The Kier molecular flexibility index (Phi) is 9.59. The lowest BCUT2D eigenvalue weighted by Crippen LogP contribution is -2.44. The lowest BCUT2D eigenvalue weighted by atomic mass is 9.79. The van der Waals surface area contributed by atoms with Crippen LogP contribution in [0.15, 0.2) is 54.6 Å². The Balaban J connectivity index is 0.000000520. The summed E-state index contributed by atoms with van der Waals surface area (Å²) in [6.07, 6.45) is -2.25. The number of rotatable bonds is 7. The molecular weight excluding hydrogens is 411 g/mol. The van der Waals surface area contributed by atoms with Crippen molar-refractivity contribution in [3.63, 3.8) is 0 Å². The van der Waals surface area contributed by atoms with Crippen molar-refractivity contribution >= 4 is 5.69 Å². The molecule has 2 aromatic carbocycles. The summed E-state index contributed by atoms with van der Waals surface area (Å²) in [7, 11) is 0. The fraction of sp³-hybridized carbons (Fsp3) is 0.538. The van der Waals surface area contributed by atoms with E-state index in [1.165, 1.54) is 6.07 Å². The maximum absolute atomic E-state index is 13.0. The van der Waals surface area contributed by atoms with Crippen molar-refractivity contribution in [2.45, 2.75) is 58.2 Å². The van der Waals surface area contributed by atoms with E-state index in [1.807, 2.05) is 57.2 Å². The zero-order valence-corrected chi connectivity index (χ0v) is 19.7. The number of anilines is 1. The summed E-state index contributed by atoms with van der Waals surface area (Å²) in [6, 6.07) is 16.0. The van der Waals surface area contributed by atoms with Crippen LogP contribution in [0.2, 0.25) is 0 Å². The zero-order chi connectivity index (χ0) is 23.8. The van der Waals surface area contributed by atoms with Crippen LogP contribution in [0.25, 0.3) is 0 Å². The molecule has 0 fully saturated rings. The second-order valence-corrected chi connectivity index (χ2v) is 9.69. The maximum Gasteiger partial charge on any atom is 0.416 e. The highest BCUT2D eigenvalue weighted by molar-refractivity contribution is 5.56. The number of nitrogens with one attached hydrogen (secondary N) is 2. The van der Waals surface area contributed by atoms with Crippen LogP contribution in [-0.4, -0.2) is 25.2 Å². The first-order valence-corrected chi connectivity index (χ1v) is 11.4. The first-order valence-electron chi connectivity index (χ1n) is 11.4. The number of halogens is 3. The molecule has 0 amide bonds. The molecular formula is C26H38F3N3. The zero-order valence-electron chi connectivity index (χ0n) is 19.7. The molecule has 3 atom stereocenters.